The summed E-state index contributed by atoms with van der Waals surface area (Å²) in [7, 11) is 1.56. The molecule has 0 aliphatic carbocycles. The highest BCUT2D eigenvalue weighted by molar-refractivity contribution is 5.96. The molecule has 1 amide bonds. The minimum atomic E-state index is -0.496. The zero-order chi connectivity index (χ0) is 22.3. The van der Waals surface area contributed by atoms with E-state index in [4.69, 9.17) is 9.57 Å². The van der Waals surface area contributed by atoms with E-state index in [1.165, 1.54) is 0 Å². The van der Waals surface area contributed by atoms with Crippen molar-refractivity contribution >= 4 is 34.0 Å². The van der Waals surface area contributed by atoms with Crippen molar-refractivity contribution in [3.8, 4) is 5.75 Å². The second-order valence-electron chi connectivity index (χ2n) is 6.83. The highest BCUT2D eigenvalue weighted by atomic mass is 16.7. The van der Waals surface area contributed by atoms with Crippen molar-refractivity contribution in [1.29, 1.82) is 0 Å². The van der Waals surface area contributed by atoms with Crippen LogP contribution in [-0.4, -0.2) is 19.0 Å². The van der Waals surface area contributed by atoms with Gasteiger partial charge in [0, 0.05) is 5.56 Å². The van der Waals surface area contributed by atoms with Crippen LogP contribution < -0.4 is 10.2 Å². The second-order valence-corrected chi connectivity index (χ2v) is 6.83. The number of rotatable bonds is 6. The summed E-state index contributed by atoms with van der Waals surface area (Å²) in [4.78, 5) is 29.6. The number of hydrogen-bond donors (Lipinski definition) is 1. The summed E-state index contributed by atoms with van der Waals surface area (Å²) < 4.78 is 5.06. The molecule has 4 rings (SSSR count). The lowest BCUT2D eigenvalue weighted by atomic mass is 10.1. The monoisotopic (exact) mass is 425 g/mol. The maximum atomic E-state index is 12.3. The molecule has 0 saturated heterocycles. The van der Waals surface area contributed by atoms with Crippen LogP contribution >= 0.6 is 0 Å². The lowest BCUT2D eigenvalue weighted by Gasteiger charge is -2.07. The Morgan fingerprint density at radius 1 is 0.781 bits per heavy atom. The van der Waals surface area contributed by atoms with Crippen LogP contribution in [0.5, 0.6) is 5.75 Å². The first kappa shape index (κ1) is 20.7. The van der Waals surface area contributed by atoms with Crippen molar-refractivity contribution in [1.82, 2.24) is 0 Å². The van der Waals surface area contributed by atoms with E-state index in [1.54, 1.807) is 67.8 Å². The summed E-state index contributed by atoms with van der Waals surface area (Å²) in [6.45, 7) is 0. The van der Waals surface area contributed by atoms with Gasteiger partial charge in [0.25, 0.3) is 5.91 Å². The average molecular weight is 425 g/mol. The highest BCUT2D eigenvalue weighted by Crippen LogP contribution is 2.19. The van der Waals surface area contributed by atoms with E-state index < -0.39 is 11.9 Å². The van der Waals surface area contributed by atoms with E-state index in [0.29, 0.717) is 28.3 Å². The Hall–Kier alpha value is -4.52. The van der Waals surface area contributed by atoms with Crippen LogP contribution in [0.4, 0.5) is 11.4 Å². The fourth-order valence-corrected chi connectivity index (χ4v) is 2.97. The van der Waals surface area contributed by atoms with Gasteiger partial charge in [-0.05, 0) is 71.4 Å². The van der Waals surface area contributed by atoms with Gasteiger partial charge in [0.15, 0.2) is 0 Å². The maximum Gasteiger partial charge on any atom is 0.362 e. The Morgan fingerprint density at radius 2 is 1.47 bits per heavy atom. The van der Waals surface area contributed by atoms with Crippen LogP contribution in [0.25, 0.3) is 10.8 Å². The highest BCUT2D eigenvalue weighted by Gasteiger charge is 2.09. The van der Waals surface area contributed by atoms with Gasteiger partial charge in [-0.1, -0.05) is 30.3 Å². The molecule has 0 radical (unpaired) electrons. The maximum absolute atomic E-state index is 12.3. The van der Waals surface area contributed by atoms with Crippen molar-refractivity contribution in [3.05, 3.63) is 102 Å². The average Bonchev–Trinajstić information content (AvgIpc) is 2.86. The number of fused-ring (bicyclic) bond motifs is 1. The fraction of sp³-hybridized carbons (Fsp3) is 0.0400. The van der Waals surface area contributed by atoms with Crippen molar-refractivity contribution in [2.45, 2.75) is 0 Å². The van der Waals surface area contributed by atoms with Crippen LogP contribution in [0.2, 0.25) is 0 Å². The third-order valence-corrected chi connectivity index (χ3v) is 4.71. The molecule has 1 N–H and O–H groups in total. The Bertz CT molecular complexity index is 1280. The molecule has 0 heterocycles. The molecule has 0 aromatic heterocycles. The van der Waals surface area contributed by atoms with E-state index in [1.807, 2.05) is 30.3 Å². The Labute approximate surface area is 184 Å². The smallest absolute Gasteiger partial charge is 0.362 e. The van der Waals surface area contributed by atoms with Gasteiger partial charge in [0.1, 0.15) is 5.75 Å². The van der Waals surface area contributed by atoms with Gasteiger partial charge in [-0.25, -0.2) is 10.3 Å². The number of carbonyl (C=O) groups excluding carboxylic acids is 2. The molecule has 32 heavy (non-hydrogen) atoms. The summed E-state index contributed by atoms with van der Waals surface area (Å²) in [6, 6.07) is 26.4. The zero-order valence-electron chi connectivity index (χ0n) is 17.2. The van der Waals surface area contributed by atoms with Gasteiger partial charge in [0.05, 0.1) is 24.0 Å². The van der Waals surface area contributed by atoms with Crippen LogP contribution in [-0.2, 0) is 4.84 Å². The van der Waals surface area contributed by atoms with Gasteiger partial charge in [-0.2, -0.15) is 0 Å². The van der Waals surface area contributed by atoms with E-state index in [2.05, 4.69) is 15.7 Å². The SMILES string of the molecule is COc1ccc(C(=O)N=Nc2ccc(NOC(=O)c3ccc4ccccc4c3)cc2)cc1. The van der Waals surface area contributed by atoms with Crippen LogP contribution in [0.3, 0.4) is 0 Å². The predicted molar refractivity (Wildman–Crippen MR) is 121 cm³/mol. The van der Waals surface area contributed by atoms with Crippen LogP contribution in [0.15, 0.2) is 101 Å². The molecule has 0 bridgehead atoms. The molecular formula is C25H19N3O4. The fourth-order valence-electron chi connectivity index (χ4n) is 2.97. The quantitative estimate of drug-likeness (QED) is 0.304. The first-order valence-corrected chi connectivity index (χ1v) is 9.78. The molecule has 7 nitrogen and oxygen atoms in total. The summed E-state index contributed by atoms with van der Waals surface area (Å²) in [6.07, 6.45) is 0. The van der Waals surface area contributed by atoms with Crippen molar-refractivity contribution in [3.63, 3.8) is 0 Å². The number of carbonyl (C=O) groups is 2. The number of amides is 1. The van der Waals surface area contributed by atoms with Gasteiger partial charge in [-0.3, -0.25) is 4.79 Å². The van der Waals surface area contributed by atoms with E-state index in [9.17, 15) is 9.59 Å². The van der Waals surface area contributed by atoms with E-state index >= 15 is 0 Å². The number of ether oxygens (including phenoxy) is 1. The van der Waals surface area contributed by atoms with Gasteiger partial charge >= 0.3 is 5.97 Å². The van der Waals surface area contributed by atoms with E-state index in [-0.39, 0.29) is 0 Å². The molecule has 0 unspecified atom stereocenters. The normalized spacial score (nSPS) is 10.8. The number of azo groups is 1. The largest absolute Gasteiger partial charge is 0.497 e. The lowest BCUT2D eigenvalue weighted by molar-refractivity contribution is 0.0596. The summed E-state index contributed by atoms with van der Waals surface area (Å²) in [5.74, 6) is -0.299. The number of hydrogen-bond acceptors (Lipinski definition) is 6. The predicted octanol–water partition coefficient (Wildman–Crippen LogP) is 5.96. The molecule has 0 saturated carbocycles. The summed E-state index contributed by atoms with van der Waals surface area (Å²) in [5.41, 5.74) is 4.51. The lowest BCUT2D eigenvalue weighted by Crippen LogP contribution is -2.10. The van der Waals surface area contributed by atoms with Crippen molar-refractivity contribution in [2.75, 3.05) is 12.6 Å². The molecular weight excluding hydrogens is 406 g/mol. The minimum absolute atomic E-state index is 0.411. The number of methoxy groups -OCH3 is 1. The van der Waals surface area contributed by atoms with Gasteiger partial charge in [0.2, 0.25) is 0 Å². The number of benzene rings is 4. The van der Waals surface area contributed by atoms with Crippen molar-refractivity contribution in [2.24, 2.45) is 10.2 Å². The molecule has 4 aromatic carbocycles. The molecule has 4 aromatic rings. The van der Waals surface area contributed by atoms with E-state index in [0.717, 1.165) is 10.8 Å². The zero-order valence-corrected chi connectivity index (χ0v) is 17.2. The first-order valence-electron chi connectivity index (χ1n) is 9.78. The van der Waals surface area contributed by atoms with Crippen molar-refractivity contribution < 1.29 is 19.2 Å². The Kier molecular flexibility index (Phi) is 6.17. The molecule has 158 valence electrons. The summed E-state index contributed by atoms with van der Waals surface area (Å²) >= 11 is 0. The van der Waals surface area contributed by atoms with Crippen LogP contribution in [0, 0.1) is 0 Å². The standard InChI is InChI=1S/C25H19N3O4/c1-31-23-14-8-18(9-15-23)24(29)27-26-21-10-12-22(13-11-21)28-32-25(30)20-7-6-17-4-2-3-5-19(17)16-20/h2-16,28H,1H3. The summed E-state index contributed by atoms with van der Waals surface area (Å²) in [5, 5.41) is 9.68. The number of nitrogens with one attached hydrogen (secondary N) is 1. The first-order chi connectivity index (χ1) is 15.6. The van der Waals surface area contributed by atoms with Crippen LogP contribution in [0.1, 0.15) is 20.7 Å². The Morgan fingerprint density at radius 3 is 2.19 bits per heavy atom. The molecule has 0 aliphatic heterocycles. The molecule has 0 spiro atoms. The van der Waals surface area contributed by atoms with Gasteiger partial charge in [-0.15, -0.1) is 10.2 Å². The molecule has 0 aliphatic rings. The number of nitrogens with zero attached hydrogens (tertiary/aromatic N) is 2. The van der Waals surface area contributed by atoms with Gasteiger partial charge < -0.3 is 9.57 Å². The number of anilines is 1. The molecule has 0 atom stereocenters. The molecule has 0 fully saturated rings. The third kappa shape index (κ3) is 4.96. The third-order valence-electron chi connectivity index (χ3n) is 4.71. The topological polar surface area (TPSA) is 89.3 Å². The minimum Gasteiger partial charge on any atom is -0.497 e. The Balaban J connectivity index is 1.34. The molecule has 7 heteroatoms. The second kappa shape index (κ2) is 9.53.